The summed E-state index contributed by atoms with van der Waals surface area (Å²) in [5.74, 6) is 1.27. The van der Waals surface area contributed by atoms with E-state index in [1.807, 2.05) is 23.2 Å². The molecule has 4 heteroatoms. The van der Waals surface area contributed by atoms with Crippen LogP contribution in [0.3, 0.4) is 0 Å². The van der Waals surface area contributed by atoms with Gasteiger partial charge in [-0.2, -0.15) is 11.8 Å². The molecule has 1 rings (SSSR count). The van der Waals surface area contributed by atoms with Crippen LogP contribution < -0.4 is 0 Å². The van der Waals surface area contributed by atoms with Crippen LogP contribution in [0.1, 0.15) is 30.2 Å². The van der Waals surface area contributed by atoms with Crippen molar-refractivity contribution < 1.29 is 9.90 Å². The molecule has 88 valence electrons. The summed E-state index contributed by atoms with van der Waals surface area (Å²) in [5, 5.41) is 10.6. The molecule has 1 aromatic heterocycles. The number of unbranched alkanes of at least 4 members (excludes halogenated alkanes) is 1. The van der Waals surface area contributed by atoms with Gasteiger partial charge in [-0.1, -0.05) is 13.3 Å². The van der Waals surface area contributed by atoms with E-state index in [4.69, 9.17) is 5.11 Å². The third-order valence-corrected chi connectivity index (χ3v) is 4.25. The van der Waals surface area contributed by atoms with E-state index in [9.17, 15) is 4.79 Å². The lowest BCUT2D eigenvalue weighted by molar-refractivity contribution is -0.131. The fourth-order valence-electron chi connectivity index (χ4n) is 1.19. The molecule has 1 heterocycles. The monoisotopic (exact) mass is 256 g/mol. The number of carboxylic acid groups (broad SMARTS) is 1. The number of thiophene rings is 1. The van der Waals surface area contributed by atoms with Crippen molar-refractivity contribution in [2.75, 3.05) is 5.75 Å². The van der Waals surface area contributed by atoms with Gasteiger partial charge < -0.3 is 5.11 Å². The van der Waals surface area contributed by atoms with Gasteiger partial charge in [0.25, 0.3) is 0 Å². The standard InChI is InChI=1S/C12H16O2S2/c1-2-3-7-15-9-11-10(6-8-16-11)4-5-12(13)14/h4-6,8H,2-3,7,9H2,1H3,(H,13,14). The van der Waals surface area contributed by atoms with Gasteiger partial charge in [-0.05, 0) is 35.3 Å². The highest BCUT2D eigenvalue weighted by Gasteiger charge is 2.01. The lowest BCUT2D eigenvalue weighted by atomic mass is 10.2. The van der Waals surface area contributed by atoms with E-state index in [1.165, 1.54) is 29.5 Å². The predicted octanol–water partition coefficient (Wildman–Crippen LogP) is 3.88. The number of hydrogen-bond donors (Lipinski definition) is 1. The number of rotatable bonds is 7. The fourth-order valence-corrected chi connectivity index (χ4v) is 3.35. The maximum Gasteiger partial charge on any atom is 0.328 e. The molecule has 0 saturated carbocycles. The smallest absolute Gasteiger partial charge is 0.328 e. The highest BCUT2D eigenvalue weighted by Crippen LogP contribution is 2.24. The molecule has 0 aliphatic carbocycles. The third kappa shape index (κ3) is 4.86. The molecule has 2 nitrogen and oxygen atoms in total. The van der Waals surface area contributed by atoms with Crippen molar-refractivity contribution >= 4 is 35.1 Å². The first-order valence-electron chi connectivity index (χ1n) is 5.29. The molecule has 0 saturated heterocycles. The van der Waals surface area contributed by atoms with E-state index in [1.54, 1.807) is 17.4 Å². The molecule has 0 aliphatic rings. The van der Waals surface area contributed by atoms with Crippen LogP contribution in [-0.4, -0.2) is 16.8 Å². The van der Waals surface area contributed by atoms with E-state index in [0.717, 1.165) is 11.3 Å². The fraction of sp³-hybridized carbons (Fsp3) is 0.417. The zero-order chi connectivity index (χ0) is 11.8. The summed E-state index contributed by atoms with van der Waals surface area (Å²) in [4.78, 5) is 11.7. The van der Waals surface area contributed by atoms with Gasteiger partial charge in [0.1, 0.15) is 0 Å². The normalized spacial score (nSPS) is 11.1. The summed E-state index contributed by atoms with van der Waals surface area (Å²) < 4.78 is 0. The molecule has 0 spiro atoms. The molecule has 1 aromatic rings. The second kappa shape index (κ2) is 7.52. The van der Waals surface area contributed by atoms with E-state index in [0.29, 0.717) is 0 Å². The van der Waals surface area contributed by atoms with Crippen LogP contribution in [0, 0.1) is 0 Å². The number of thioether (sulfide) groups is 1. The van der Waals surface area contributed by atoms with Crippen molar-refractivity contribution in [3.05, 3.63) is 28.0 Å². The number of hydrogen-bond acceptors (Lipinski definition) is 3. The average Bonchev–Trinajstić information content (AvgIpc) is 2.69. The van der Waals surface area contributed by atoms with Gasteiger partial charge >= 0.3 is 5.97 Å². The van der Waals surface area contributed by atoms with Crippen LogP contribution in [0.25, 0.3) is 6.08 Å². The summed E-state index contributed by atoms with van der Waals surface area (Å²) in [6.45, 7) is 2.19. The Labute approximate surface area is 104 Å². The lowest BCUT2D eigenvalue weighted by Gasteiger charge is -1.99. The second-order valence-corrected chi connectivity index (χ2v) is 5.48. The van der Waals surface area contributed by atoms with E-state index in [2.05, 4.69) is 6.92 Å². The Hall–Kier alpha value is -0.740. The summed E-state index contributed by atoms with van der Waals surface area (Å²) in [5.41, 5.74) is 1.04. The van der Waals surface area contributed by atoms with E-state index >= 15 is 0 Å². The van der Waals surface area contributed by atoms with E-state index < -0.39 is 5.97 Å². The number of carboxylic acids is 1. The molecule has 0 unspecified atom stereocenters. The van der Waals surface area contributed by atoms with Gasteiger partial charge in [-0.25, -0.2) is 4.79 Å². The first-order chi connectivity index (χ1) is 7.74. The van der Waals surface area contributed by atoms with E-state index in [-0.39, 0.29) is 0 Å². The summed E-state index contributed by atoms with van der Waals surface area (Å²) in [7, 11) is 0. The Kier molecular flexibility index (Phi) is 6.26. The second-order valence-electron chi connectivity index (χ2n) is 3.38. The van der Waals surface area contributed by atoms with Crippen molar-refractivity contribution in [1.82, 2.24) is 0 Å². The Balaban J connectivity index is 2.47. The van der Waals surface area contributed by atoms with Gasteiger partial charge in [-0.15, -0.1) is 11.3 Å². The molecule has 0 bridgehead atoms. The van der Waals surface area contributed by atoms with Gasteiger partial charge in [-0.3, -0.25) is 0 Å². The summed E-state index contributed by atoms with van der Waals surface area (Å²) in [6.07, 6.45) is 5.34. The van der Waals surface area contributed by atoms with Gasteiger partial charge in [0.05, 0.1) is 0 Å². The SMILES string of the molecule is CCCCSCc1sccc1C=CC(=O)O. The molecule has 16 heavy (non-hydrogen) atoms. The minimum atomic E-state index is -0.893. The quantitative estimate of drug-likeness (QED) is 0.594. The van der Waals surface area contributed by atoms with Crippen LogP contribution in [0.15, 0.2) is 17.5 Å². The molecular weight excluding hydrogens is 240 g/mol. The Morgan fingerprint density at radius 2 is 2.44 bits per heavy atom. The molecule has 0 aromatic carbocycles. The van der Waals surface area contributed by atoms with Gasteiger partial charge in [0.15, 0.2) is 0 Å². The highest BCUT2D eigenvalue weighted by molar-refractivity contribution is 7.98. The van der Waals surface area contributed by atoms with Crippen LogP contribution in [0.4, 0.5) is 0 Å². The zero-order valence-electron chi connectivity index (χ0n) is 9.31. The first kappa shape index (κ1) is 13.3. The summed E-state index contributed by atoms with van der Waals surface area (Å²) in [6, 6.07) is 1.97. The van der Waals surface area contributed by atoms with Crippen LogP contribution in [0.5, 0.6) is 0 Å². The first-order valence-corrected chi connectivity index (χ1v) is 7.32. The maximum atomic E-state index is 10.4. The number of aliphatic carboxylic acids is 1. The van der Waals surface area contributed by atoms with Crippen molar-refractivity contribution in [3.8, 4) is 0 Å². The van der Waals surface area contributed by atoms with Crippen molar-refractivity contribution in [2.24, 2.45) is 0 Å². The van der Waals surface area contributed by atoms with Gasteiger partial charge in [0, 0.05) is 16.7 Å². The molecule has 0 atom stereocenters. The minimum Gasteiger partial charge on any atom is -0.478 e. The maximum absolute atomic E-state index is 10.4. The van der Waals surface area contributed by atoms with Crippen molar-refractivity contribution in [2.45, 2.75) is 25.5 Å². The average molecular weight is 256 g/mol. The predicted molar refractivity (Wildman–Crippen MR) is 72.1 cm³/mol. The summed E-state index contributed by atoms with van der Waals surface area (Å²) >= 11 is 3.61. The van der Waals surface area contributed by atoms with Gasteiger partial charge in [0.2, 0.25) is 0 Å². The zero-order valence-corrected chi connectivity index (χ0v) is 10.9. The van der Waals surface area contributed by atoms with Crippen molar-refractivity contribution in [1.29, 1.82) is 0 Å². The topological polar surface area (TPSA) is 37.3 Å². The minimum absolute atomic E-state index is 0.893. The largest absolute Gasteiger partial charge is 0.478 e. The third-order valence-electron chi connectivity index (χ3n) is 2.06. The van der Waals surface area contributed by atoms with Crippen LogP contribution in [0.2, 0.25) is 0 Å². The molecule has 0 amide bonds. The molecule has 0 radical (unpaired) electrons. The van der Waals surface area contributed by atoms with Crippen molar-refractivity contribution in [3.63, 3.8) is 0 Å². The molecule has 0 fully saturated rings. The van der Waals surface area contributed by atoms with Crippen LogP contribution >= 0.6 is 23.1 Å². The molecular formula is C12H16O2S2. The Bertz CT molecular complexity index is 356. The Morgan fingerprint density at radius 3 is 3.12 bits per heavy atom. The molecule has 0 aliphatic heterocycles. The lowest BCUT2D eigenvalue weighted by Crippen LogP contribution is -1.86. The number of carbonyl (C=O) groups is 1. The Morgan fingerprint density at radius 1 is 1.62 bits per heavy atom. The molecule has 1 N–H and O–H groups in total. The van der Waals surface area contributed by atoms with Crippen LogP contribution in [-0.2, 0) is 10.5 Å². The highest BCUT2D eigenvalue weighted by atomic mass is 32.2.